The van der Waals surface area contributed by atoms with E-state index in [4.69, 9.17) is 10.8 Å². The lowest BCUT2D eigenvalue weighted by atomic mass is 9.94. The summed E-state index contributed by atoms with van der Waals surface area (Å²) in [6.07, 6.45) is 0.807. The minimum absolute atomic E-state index is 0.0521. The average Bonchev–Trinajstić information content (AvgIpc) is 2.37. The van der Waals surface area contributed by atoms with Gasteiger partial charge in [0.2, 0.25) is 0 Å². The van der Waals surface area contributed by atoms with Crippen LogP contribution in [0, 0.1) is 11.8 Å². The summed E-state index contributed by atoms with van der Waals surface area (Å²) in [5, 5.41) is 11.7. The van der Waals surface area contributed by atoms with Crippen LogP contribution >= 0.6 is 15.9 Å². The zero-order valence-corrected chi connectivity index (χ0v) is 13.8. The number of rotatable bonds is 7. The van der Waals surface area contributed by atoms with Gasteiger partial charge in [-0.3, -0.25) is 9.59 Å². The van der Waals surface area contributed by atoms with Crippen molar-refractivity contribution >= 4 is 33.5 Å². The summed E-state index contributed by atoms with van der Waals surface area (Å²) in [7, 11) is 0. The van der Waals surface area contributed by atoms with Crippen LogP contribution in [-0.2, 0) is 4.79 Å². The molecule has 1 rings (SSSR count). The molecule has 0 radical (unpaired) electrons. The largest absolute Gasteiger partial charge is 0.481 e. The van der Waals surface area contributed by atoms with Gasteiger partial charge in [0, 0.05) is 23.1 Å². The van der Waals surface area contributed by atoms with Gasteiger partial charge in [-0.25, -0.2) is 0 Å². The Morgan fingerprint density at radius 2 is 2.05 bits per heavy atom. The number of nitrogens with two attached hydrogens (primary N) is 1. The summed E-state index contributed by atoms with van der Waals surface area (Å²) < 4.78 is 0.660. The molecule has 0 unspecified atom stereocenters. The number of nitrogen functional groups attached to an aromatic ring is 1. The van der Waals surface area contributed by atoms with Crippen molar-refractivity contribution in [1.82, 2.24) is 5.32 Å². The number of benzene rings is 1. The lowest BCUT2D eigenvalue weighted by molar-refractivity contribution is -0.138. The standard InChI is InChI=1S/C15H21BrN2O3/c1-9(2)5-10(6-14(19)20)8-18-15(21)12-7-11(17)3-4-13(12)16/h3-4,7,9-10H,5-6,8,17H2,1-2H3,(H,18,21)(H,19,20)/t10-/m0/s1. The Hall–Kier alpha value is -1.56. The highest BCUT2D eigenvalue weighted by Crippen LogP contribution is 2.20. The molecule has 0 aliphatic heterocycles. The molecule has 0 spiro atoms. The van der Waals surface area contributed by atoms with Crippen molar-refractivity contribution in [2.24, 2.45) is 11.8 Å². The van der Waals surface area contributed by atoms with Gasteiger partial charge in [-0.05, 0) is 52.4 Å². The molecule has 0 fully saturated rings. The van der Waals surface area contributed by atoms with E-state index in [0.717, 1.165) is 6.42 Å². The molecule has 0 saturated heterocycles. The monoisotopic (exact) mass is 356 g/mol. The van der Waals surface area contributed by atoms with E-state index in [1.165, 1.54) is 0 Å². The molecule has 1 aromatic rings. The number of carbonyl (C=O) groups excluding carboxylic acids is 1. The Labute approximate surface area is 133 Å². The molecule has 4 N–H and O–H groups in total. The molecule has 0 bridgehead atoms. The van der Waals surface area contributed by atoms with Crippen LogP contribution in [0.1, 0.15) is 37.0 Å². The minimum atomic E-state index is -0.847. The number of anilines is 1. The van der Waals surface area contributed by atoms with Gasteiger partial charge in [-0.15, -0.1) is 0 Å². The Kier molecular flexibility index (Phi) is 6.68. The third-order valence-electron chi connectivity index (χ3n) is 3.05. The number of aliphatic carboxylic acids is 1. The van der Waals surface area contributed by atoms with Crippen LogP contribution in [0.3, 0.4) is 0 Å². The molecular formula is C15H21BrN2O3. The van der Waals surface area contributed by atoms with Gasteiger partial charge in [0.25, 0.3) is 5.91 Å². The molecule has 0 aliphatic rings. The van der Waals surface area contributed by atoms with Crippen molar-refractivity contribution in [2.75, 3.05) is 12.3 Å². The van der Waals surface area contributed by atoms with Crippen molar-refractivity contribution in [3.8, 4) is 0 Å². The Bertz CT molecular complexity index is 518. The summed E-state index contributed by atoms with van der Waals surface area (Å²) in [6.45, 7) is 4.40. The quantitative estimate of drug-likeness (QED) is 0.654. The van der Waals surface area contributed by atoms with Crippen LogP contribution in [0.4, 0.5) is 5.69 Å². The molecule has 21 heavy (non-hydrogen) atoms. The van der Waals surface area contributed by atoms with E-state index in [9.17, 15) is 9.59 Å². The molecule has 0 saturated carbocycles. The smallest absolute Gasteiger partial charge is 0.303 e. The van der Waals surface area contributed by atoms with Gasteiger partial charge in [-0.2, -0.15) is 0 Å². The third-order valence-corrected chi connectivity index (χ3v) is 3.75. The summed E-state index contributed by atoms with van der Waals surface area (Å²) in [5.74, 6) is -0.801. The maximum Gasteiger partial charge on any atom is 0.303 e. The van der Waals surface area contributed by atoms with Gasteiger partial charge >= 0.3 is 5.97 Å². The predicted molar refractivity (Wildman–Crippen MR) is 86.1 cm³/mol. The van der Waals surface area contributed by atoms with Crippen LogP contribution in [0.5, 0.6) is 0 Å². The topological polar surface area (TPSA) is 92.4 Å². The summed E-state index contributed by atoms with van der Waals surface area (Å²) >= 11 is 3.31. The maximum absolute atomic E-state index is 12.1. The molecule has 1 atom stereocenters. The fraction of sp³-hybridized carbons (Fsp3) is 0.467. The van der Waals surface area contributed by atoms with Crippen LogP contribution in [0.2, 0.25) is 0 Å². The number of hydrogen-bond acceptors (Lipinski definition) is 3. The second-order valence-corrected chi connectivity index (χ2v) is 6.40. The number of carboxylic acids is 1. The summed E-state index contributed by atoms with van der Waals surface area (Å²) in [6, 6.07) is 5.01. The first-order chi connectivity index (χ1) is 9.79. The first-order valence-corrected chi connectivity index (χ1v) is 7.64. The molecule has 0 heterocycles. The first kappa shape index (κ1) is 17.5. The zero-order chi connectivity index (χ0) is 16.0. The molecule has 0 aromatic heterocycles. The van der Waals surface area contributed by atoms with Crippen molar-refractivity contribution in [3.05, 3.63) is 28.2 Å². The maximum atomic E-state index is 12.1. The fourth-order valence-corrected chi connectivity index (χ4v) is 2.63. The number of carboxylic acid groups (broad SMARTS) is 1. The van der Waals surface area contributed by atoms with E-state index >= 15 is 0 Å². The first-order valence-electron chi connectivity index (χ1n) is 6.84. The lowest BCUT2D eigenvalue weighted by Crippen LogP contribution is -2.31. The zero-order valence-electron chi connectivity index (χ0n) is 12.2. The lowest BCUT2D eigenvalue weighted by Gasteiger charge is -2.18. The molecule has 1 aromatic carbocycles. The van der Waals surface area contributed by atoms with E-state index in [1.807, 2.05) is 13.8 Å². The van der Waals surface area contributed by atoms with Crippen LogP contribution in [-0.4, -0.2) is 23.5 Å². The fourth-order valence-electron chi connectivity index (χ4n) is 2.20. The second-order valence-electron chi connectivity index (χ2n) is 5.54. The number of amides is 1. The number of halogens is 1. The van der Waals surface area contributed by atoms with Gasteiger partial charge in [-0.1, -0.05) is 13.8 Å². The van der Waals surface area contributed by atoms with Crippen molar-refractivity contribution < 1.29 is 14.7 Å². The molecule has 5 nitrogen and oxygen atoms in total. The highest BCUT2D eigenvalue weighted by molar-refractivity contribution is 9.10. The Balaban J connectivity index is 2.68. The summed E-state index contributed by atoms with van der Waals surface area (Å²) in [4.78, 5) is 23.0. The van der Waals surface area contributed by atoms with Gasteiger partial charge in [0.1, 0.15) is 0 Å². The van der Waals surface area contributed by atoms with Crippen molar-refractivity contribution in [3.63, 3.8) is 0 Å². The molecular weight excluding hydrogens is 336 g/mol. The normalized spacial score (nSPS) is 12.2. The van der Waals surface area contributed by atoms with E-state index < -0.39 is 5.97 Å². The highest BCUT2D eigenvalue weighted by atomic mass is 79.9. The van der Waals surface area contributed by atoms with Crippen molar-refractivity contribution in [1.29, 1.82) is 0 Å². The van der Waals surface area contributed by atoms with E-state index in [1.54, 1.807) is 18.2 Å². The molecule has 116 valence electrons. The third kappa shape index (κ3) is 6.16. The number of carbonyl (C=O) groups is 2. The van der Waals surface area contributed by atoms with E-state index in [-0.39, 0.29) is 18.2 Å². The molecule has 6 heteroatoms. The van der Waals surface area contributed by atoms with Gasteiger partial charge < -0.3 is 16.2 Å². The number of hydrogen-bond donors (Lipinski definition) is 3. The Morgan fingerprint density at radius 3 is 2.62 bits per heavy atom. The van der Waals surface area contributed by atoms with Crippen LogP contribution in [0.15, 0.2) is 22.7 Å². The highest BCUT2D eigenvalue weighted by Gasteiger charge is 2.17. The summed E-state index contributed by atoms with van der Waals surface area (Å²) in [5.41, 5.74) is 6.63. The number of nitrogens with one attached hydrogen (secondary N) is 1. The predicted octanol–water partition coefficient (Wildman–Crippen LogP) is 2.90. The Morgan fingerprint density at radius 1 is 1.38 bits per heavy atom. The van der Waals surface area contributed by atoms with Gasteiger partial charge in [0.05, 0.1) is 5.56 Å². The SMILES string of the molecule is CC(C)C[C@H](CNC(=O)c1cc(N)ccc1Br)CC(=O)O. The minimum Gasteiger partial charge on any atom is -0.481 e. The van der Waals surface area contributed by atoms with E-state index in [0.29, 0.717) is 28.2 Å². The molecule has 0 aliphatic carbocycles. The second kappa shape index (κ2) is 8.02. The average molecular weight is 357 g/mol. The van der Waals surface area contributed by atoms with E-state index in [2.05, 4.69) is 21.2 Å². The molecule has 1 amide bonds. The van der Waals surface area contributed by atoms with Gasteiger partial charge in [0.15, 0.2) is 0 Å². The van der Waals surface area contributed by atoms with Crippen LogP contribution in [0.25, 0.3) is 0 Å². The van der Waals surface area contributed by atoms with Crippen molar-refractivity contribution in [2.45, 2.75) is 26.7 Å². The van der Waals surface area contributed by atoms with Crippen LogP contribution < -0.4 is 11.1 Å².